The fraction of sp³-hybridized carbons (Fsp3) is 0.769. The Bertz CT molecular complexity index is 238. The Morgan fingerprint density at radius 2 is 2.00 bits per heavy atom. The quantitative estimate of drug-likeness (QED) is 0.581. The molecule has 3 nitrogen and oxygen atoms in total. The van der Waals surface area contributed by atoms with Crippen LogP contribution in [0.5, 0.6) is 0 Å². The maximum absolute atomic E-state index is 11.5. The molecule has 0 saturated heterocycles. The molecular weight excluding hydrogens is 204 g/mol. The molecule has 0 bridgehead atoms. The molecule has 0 aromatic carbocycles. The van der Waals surface area contributed by atoms with Gasteiger partial charge in [0.25, 0.3) is 0 Å². The standard InChI is InChI=1S/C13H24O3/c1-6-7-8-11(14)10(2)9-16-12(15)13(3,4)5/h7-8,10-11,14H,6,9H2,1-5H3/b8-7+/t10-,11-/m0/s1. The van der Waals surface area contributed by atoms with Crippen molar-refractivity contribution in [3.05, 3.63) is 12.2 Å². The molecule has 0 spiro atoms. The van der Waals surface area contributed by atoms with E-state index in [0.29, 0.717) is 0 Å². The normalized spacial score (nSPS) is 16.1. The second kappa shape index (κ2) is 6.69. The zero-order valence-electron chi connectivity index (χ0n) is 11.0. The van der Waals surface area contributed by atoms with Gasteiger partial charge in [-0.3, -0.25) is 4.79 Å². The lowest BCUT2D eigenvalue weighted by molar-refractivity contribution is -0.154. The highest BCUT2D eigenvalue weighted by atomic mass is 16.5. The number of ether oxygens (including phenoxy) is 1. The van der Waals surface area contributed by atoms with Gasteiger partial charge in [0, 0.05) is 5.92 Å². The van der Waals surface area contributed by atoms with Gasteiger partial charge < -0.3 is 9.84 Å². The van der Waals surface area contributed by atoms with Gasteiger partial charge in [0.1, 0.15) is 0 Å². The monoisotopic (exact) mass is 228 g/mol. The zero-order valence-corrected chi connectivity index (χ0v) is 11.0. The van der Waals surface area contributed by atoms with Crippen LogP contribution in [0.15, 0.2) is 12.2 Å². The minimum atomic E-state index is -0.548. The lowest BCUT2D eigenvalue weighted by Crippen LogP contribution is -2.28. The number of hydrogen-bond donors (Lipinski definition) is 1. The van der Waals surface area contributed by atoms with Crippen molar-refractivity contribution in [3.63, 3.8) is 0 Å². The van der Waals surface area contributed by atoms with Crippen LogP contribution in [-0.2, 0) is 9.53 Å². The van der Waals surface area contributed by atoms with Crippen LogP contribution < -0.4 is 0 Å². The summed E-state index contributed by atoms with van der Waals surface area (Å²) in [5, 5.41) is 9.69. The summed E-state index contributed by atoms with van der Waals surface area (Å²) >= 11 is 0. The van der Waals surface area contributed by atoms with Crippen LogP contribution in [-0.4, -0.2) is 23.8 Å². The number of carbonyl (C=O) groups is 1. The molecule has 0 aromatic heterocycles. The van der Waals surface area contributed by atoms with E-state index in [1.807, 2.05) is 40.7 Å². The smallest absolute Gasteiger partial charge is 0.311 e. The first kappa shape index (κ1) is 15.2. The fourth-order valence-corrected chi connectivity index (χ4v) is 0.987. The minimum Gasteiger partial charge on any atom is -0.465 e. The highest BCUT2D eigenvalue weighted by Gasteiger charge is 2.24. The zero-order chi connectivity index (χ0) is 12.8. The predicted molar refractivity (Wildman–Crippen MR) is 65.0 cm³/mol. The second-order valence-corrected chi connectivity index (χ2v) is 5.15. The summed E-state index contributed by atoms with van der Waals surface area (Å²) in [4.78, 5) is 11.5. The number of esters is 1. The van der Waals surface area contributed by atoms with Crippen LogP contribution in [0.3, 0.4) is 0 Å². The first-order valence-corrected chi connectivity index (χ1v) is 5.81. The molecule has 0 aliphatic heterocycles. The van der Waals surface area contributed by atoms with Crippen LogP contribution in [0.4, 0.5) is 0 Å². The van der Waals surface area contributed by atoms with E-state index in [4.69, 9.17) is 4.74 Å². The van der Waals surface area contributed by atoms with Crippen molar-refractivity contribution in [2.45, 2.75) is 47.1 Å². The lowest BCUT2D eigenvalue weighted by atomic mass is 9.97. The van der Waals surface area contributed by atoms with Crippen molar-refractivity contribution < 1.29 is 14.6 Å². The summed E-state index contributed by atoms with van der Waals surface area (Å²) < 4.78 is 5.14. The fourth-order valence-electron chi connectivity index (χ4n) is 0.987. The molecule has 0 amide bonds. The number of allylic oxidation sites excluding steroid dienone is 1. The lowest BCUT2D eigenvalue weighted by Gasteiger charge is -2.20. The molecule has 16 heavy (non-hydrogen) atoms. The van der Waals surface area contributed by atoms with E-state index in [1.54, 1.807) is 6.08 Å². The third-order valence-electron chi connectivity index (χ3n) is 2.24. The maximum atomic E-state index is 11.5. The van der Waals surface area contributed by atoms with E-state index in [2.05, 4.69) is 0 Å². The van der Waals surface area contributed by atoms with Gasteiger partial charge in [-0.2, -0.15) is 0 Å². The summed E-state index contributed by atoms with van der Waals surface area (Å²) in [6.07, 6.45) is 4.00. The van der Waals surface area contributed by atoms with Gasteiger partial charge in [0.15, 0.2) is 0 Å². The van der Waals surface area contributed by atoms with E-state index < -0.39 is 11.5 Å². The SMILES string of the molecule is CC/C=C/[C@H](O)[C@@H](C)COC(=O)C(C)(C)C. The van der Waals surface area contributed by atoms with Crippen molar-refractivity contribution in [1.82, 2.24) is 0 Å². The molecular formula is C13H24O3. The molecule has 0 unspecified atom stereocenters. The van der Waals surface area contributed by atoms with E-state index >= 15 is 0 Å². The molecule has 0 aliphatic carbocycles. The molecule has 0 rings (SSSR count). The van der Waals surface area contributed by atoms with Gasteiger partial charge in [0.05, 0.1) is 18.1 Å². The number of hydrogen-bond acceptors (Lipinski definition) is 3. The van der Waals surface area contributed by atoms with Crippen molar-refractivity contribution >= 4 is 5.97 Å². The first-order valence-electron chi connectivity index (χ1n) is 5.81. The molecule has 0 fully saturated rings. The second-order valence-electron chi connectivity index (χ2n) is 5.15. The van der Waals surface area contributed by atoms with Crippen molar-refractivity contribution in [2.24, 2.45) is 11.3 Å². The van der Waals surface area contributed by atoms with Crippen molar-refractivity contribution in [3.8, 4) is 0 Å². The molecule has 0 saturated carbocycles. The van der Waals surface area contributed by atoms with Gasteiger partial charge >= 0.3 is 5.97 Å². The summed E-state index contributed by atoms with van der Waals surface area (Å²) in [6, 6.07) is 0. The van der Waals surface area contributed by atoms with E-state index in [0.717, 1.165) is 6.42 Å². The Morgan fingerprint density at radius 3 is 2.44 bits per heavy atom. The topological polar surface area (TPSA) is 46.5 Å². The van der Waals surface area contributed by atoms with Gasteiger partial charge in [-0.05, 0) is 27.2 Å². The molecule has 0 heterocycles. The third-order valence-corrected chi connectivity index (χ3v) is 2.24. The highest BCUT2D eigenvalue weighted by Crippen LogP contribution is 2.16. The van der Waals surface area contributed by atoms with Crippen molar-refractivity contribution in [2.75, 3.05) is 6.61 Å². The highest BCUT2D eigenvalue weighted by molar-refractivity contribution is 5.75. The molecule has 0 aliphatic rings. The Labute approximate surface area is 98.5 Å². The Hall–Kier alpha value is -0.830. The van der Waals surface area contributed by atoms with Crippen LogP contribution in [0.1, 0.15) is 41.0 Å². The van der Waals surface area contributed by atoms with Crippen LogP contribution in [0.2, 0.25) is 0 Å². The first-order chi connectivity index (χ1) is 7.29. The molecule has 94 valence electrons. The molecule has 1 N–H and O–H groups in total. The van der Waals surface area contributed by atoms with Crippen LogP contribution in [0.25, 0.3) is 0 Å². The van der Waals surface area contributed by atoms with Crippen molar-refractivity contribution in [1.29, 1.82) is 0 Å². The molecule has 2 atom stereocenters. The molecule has 0 aromatic rings. The summed E-state index contributed by atoms with van der Waals surface area (Å²) in [5.74, 6) is -0.305. The van der Waals surface area contributed by atoms with Gasteiger partial charge in [-0.25, -0.2) is 0 Å². The van der Waals surface area contributed by atoms with Gasteiger partial charge in [-0.15, -0.1) is 0 Å². The van der Waals surface area contributed by atoms with E-state index in [9.17, 15) is 9.90 Å². The molecule has 3 heteroatoms. The number of rotatable bonds is 5. The molecule has 0 radical (unpaired) electrons. The largest absolute Gasteiger partial charge is 0.465 e. The minimum absolute atomic E-state index is 0.0749. The van der Waals surface area contributed by atoms with Crippen LogP contribution >= 0.6 is 0 Å². The Kier molecular flexibility index (Phi) is 6.34. The number of aliphatic hydroxyl groups is 1. The summed E-state index contributed by atoms with van der Waals surface area (Å²) in [6.45, 7) is 9.56. The average Bonchev–Trinajstić information content (AvgIpc) is 2.20. The number of carbonyl (C=O) groups excluding carboxylic acids is 1. The van der Waals surface area contributed by atoms with E-state index in [-0.39, 0.29) is 18.5 Å². The number of aliphatic hydroxyl groups excluding tert-OH is 1. The Morgan fingerprint density at radius 1 is 1.44 bits per heavy atom. The maximum Gasteiger partial charge on any atom is 0.311 e. The van der Waals surface area contributed by atoms with E-state index in [1.165, 1.54) is 0 Å². The average molecular weight is 228 g/mol. The summed E-state index contributed by atoms with van der Waals surface area (Å²) in [5.41, 5.74) is -0.482. The Balaban J connectivity index is 4.02. The third kappa shape index (κ3) is 5.91. The van der Waals surface area contributed by atoms with Crippen LogP contribution in [0, 0.1) is 11.3 Å². The summed E-state index contributed by atoms with van der Waals surface area (Å²) in [7, 11) is 0. The predicted octanol–water partition coefficient (Wildman–Crippen LogP) is 2.54. The van der Waals surface area contributed by atoms with Gasteiger partial charge in [-0.1, -0.05) is 26.0 Å². The van der Waals surface area contributed by atoms with Gasteiger partial charge in [0.2, 0.25) is 0 Å².